The van der Waals surface area contributed by atoms with E-state index in [1.54, 1.807) is 0 Å². The minimum absolute atomic E-state index is 0. The van der Waals surface area contributed by atoms with E-state index < -0.39 is 11.7 Å². The van der Waals surface area contributed by atoms with Crippen LogP contribution in [0, 0.1) is 0 Å². The lowest BCUT2D eigenvalue weighted by atomic mass is 10.0. The zero-order chi connectivity index (χ0) is 27.4. The summed E-state index contributed by atoms with van der Waals surface area (Å²) in [7, 11) is 0. The van der Waals surface area contributed by atoms with Crippen molar-refractivity contribution in [3.8, 4) is 0 Å². The molecule has 0 saturated carbocycles. The van der Waals surface area contributed by atoms with E-state index >= 15 is 0 Å². The van der Waals surface area contributed by atoms with E-state index in [0.717, 1.165) is 87.8 Å². The molecule has 2 aliphatic heterocycles. The molecule has 0 atom stereocenters. The maximum Gasteiger partial charge on any atom is 0.417 e. The van der Waals surface area contributed by atoms with Gasteiger partial charge >= 0.3 is 6.18 Å². The third-order valence-corrected chi connectivity index (χ3v) is 7.67. The SMILES string of the molecule is CC(C)N1CCN(c2c(C=O)ccc(CNc3ccc(C(F)(F)F)cn3)c2N2CCN(C(C)C)CC2)CC1.Cl. The topological polar surface area (TPSA) is 55.0 Å². The Kier molecular flexibility index (Phi) is 10.5. The molecule has 39 heavy (non-hydrogen) atoms. The van der Waals surface area contributed by atoms with Gasteiger partial charge in [-0.05, 0) is 51.5 Å². The lowest BCUT2D eigenvalue weighted by Crippen LogP contribution is -2.51. The van der Waals surface area contributed by atoms with Crippen molar-refractivity contribution < 1.29 is 18.0 Å². The zero-order valence-corrected chi connectivity index (χ0v) is 24.0. The van der Waals surface area contributed by atoms with Crippen LogP contribution in [0.3, 0.4) is 0 Å². The van der Waals surface area contributed by atoms with Crippen LogP contribution in [0.5, 0.6) is 0 Å². The van der Waals surface area contributed by atoms with Crippen molar-refractivity contribution in [3.63, 3.8) is 0 Å². The van der Waals surface area contributed by atoms with Gasteiger partial charge in [0.1, 0.15) is 5.82 Å². The van der Waals surface area contributed by atoms with Gasteiger partial charge in [-0.2, -0.15) is 13.2 Å². The predicted molar refractivity (Wildman–Crippen MR) is 153 cm³/mol. The number of rotatable bonds is 8. The first-order valence-corrected chi connectivity index (χ1v) is 13.4. The van der Waals surface area contributed by atoms with E-state index in [9.17, 15) is 18.0 Å². The lowest BCUT2D eigenvalue weighted by molar-refractivity contribution is -0.137. The van der Waals surface area contributed by atoms with Crippen molar-refractivity contribution in [2.75, 3.05) is 67.5 Å². The predicted octanol–water partition coefficient (Wildman–Crippen LogP) is 5.01. The van der Waals surface area contributed by atoms with Crippen LogP contribution < -0.4 is 15.1 Å². The summed E-state index contributed by atoms with van der Waals surface area (Å²) in [4.78, 5) is 25.8. The standard InChI is InChI=1S/C28H39F3N6O.ClH/c1-20(2)34-9-13-36(14-10-34)26-22(17-32-25-8-7-24(18-33-25)28(29,30)31)5-6-23(19-38)27(26)37-15-11-35(12-16-37)21(3)4;/h5-8,18-21H,9-17H2,1-4H3,(H,32,33);1H. The third-order valence-electron chi connectivity index (χ3n) is 7.67. The largest absolute Gasteiger partial charge is 0.417 e. The fourth-order valence-electron chi connectivity index (χ4n) is 5.34. The fraction of sp³-hybridized carbons (Fsp3) is 0.571. The van der Waals surface area contributed by atoms with Crippen molar-refractivity contribution in [1.29, 1.82) is 0 Å². The number of carbonyl (C=O) groups excluding carboxylic acids is 1. The second kappa shape index (κ2) is 13.2. The van der Waals surface area contributed by atoms with Crippen LogP contribution in [0.25, 0.3) is 0 Å². The van der Waals surface area contributed by atoms with Gasteiger partial charge in [0.05, 0.1) is 16.9 Å². The molecule has 0 bridgehead atoms. The summed E-state index contributed by atoms with van der Waals surface area (Å²) in [6.07, 6.45) is -2.63. The molecule has 7 nitrogen and oxygen atoms in total. The van der Waals surface area contributed by atoms with E-state index in [-0.39, 0.29) is 12.4 Å². The van der Waals surface area contributed by atoms with Gasteiger partial charge in [0, 0.05) is 82.7 Å². The minimum atomic E-state index is -4.42. The van der Waals surface area contributed by atoms with Gasteiger partial charge in [-0.3, -0.25) is 14.6 Å². The first kappa shape index (κ1) is 31.0. The van der Waals surface area contributed by atoms with Crippen LogP contribution >= 0.6 is 12.4 Å². The van der Waals surface area contributed by atoms with E-state index in [0.29, 0.717) is 30.0 Å². The summed E-state index contributed by atoms with van der Waals surface area (Å²) >= 11 is 0. The fourth-order valence-corrected chi connectivity index (χ4v) is 5.34. The molecule has 4 rings (SSSR count). The van der Waals surface area contributed by atoms with Crippen molar-refractivity contribution in [2.45, 2.75) is 52.5 Å². The van der Waals surface area contributed by atoms with Crippen molar-refractivity contribution in [3.05, 3.63) is 47.2 Å². The number of aldehydes is 1. The number of hydrogen-bond donors (Lipinski definition) is 1. The molecule has 3 heterocycles. The molecule has 1 aromatic heterocycles. The van der Waals surface area contributed by atoms with E-state index in [1.165, 1.54) is 6.07 Å². The molecule has 1 N–H and O–H groups in total. The second-order valence-electron chi connectivity index (χ2n) is 10.6. The molecule has 11 heteroatoms. The maximum atomic E-state index is 13.0. The smallest absolute Gasteiger partial charge is 0.367 e. The first-order valence-electron chi connectivity index (χ1n) is 13.4. The average molecular weight is 569 g/mol. The number of piperazine rings is 2. The third kappa shape index (κ3) is 7.35. The number of nitrogens with one attached hydrogen (secondary N) is 1. The van der Waals surface area contributed by atoms with Gasteiger partial charge in [-0.1, -0.05) is 6.07 Å². The molecule has 0 radical (unpaired) electrons. The van der Waals surface area contributed by atoms with Gasteiger partial charge in [0.15, 0.2) is 6.29 Å². The highest BCUT2D eigenvalue weighted by molar-refractivity contribution is 5.93. The molecule has 0 amide bonds. The Hall–Kier alpha value is -2.56. The highest BCUT2D eigenvalue weighted by Crippen LogP contribution is 2.38. The molecule has 0 spiro atoms. The molecule has 2 aromatic rings. The number of anilines is 3. The summed E-state index contributed by atoms with van der Waals surface area (Å²) in [5.74, 6) is 0.375. The number of carbonyl (C=O) groups is 1. The Balaban J connectivity index is 0.00000420. The number of hydrogen-bond acceptors (Lipinski definition) is 7. The Labute approximate surface area is 235 Å². The van der Waals surface area contributed by atoms with Crippen LogP contribution in [-0.4, -0.2) is 85.5 Å². The van der Waals surface area contributed by atoms with Gasteiger partial charge in [-0.15, -0.1) is 12.4 Å². The number of halogens is 4. The van der Waals surface area contributed by atoms with Crippen LogP contribution in [0.2, 0.25) is 0 Å². The highest BCUT2D eigenvalue weighted by Gasteiger charge is 2.31. The van der Waals surface area contributed by atoms with Crippen LogP contribution in [-0.2, 0) is 12.7 Å². The van der Waals surface area contributed by atoms with Crippen LogP contribution in [0.15, 0.2) is 30.5 Å². The Morgan fingerprint density at radius 2 is 1.38 bits per heavy atom. The van der Waals surface area contributed by atoms with E-state index in [4.69, 9.17) is 0 Å². The molecular formula is C28H40ClF3N6O. The number of alkyl halides is 3. The average Bonchev–Trinajstić information content (AvgIpc) is 2.91. The molecule has 216 valence electrons. The second-order valence-corrected chi connectivity index (χ2v) is 10.6. The minimum Gasteiger partial charge on any atom is -0.367 e. The van der Waals surface area contributed by atoms with Gasteiger partial charge in [0.25, 0.3) is 0 Å². The number of nitrogens with zero attached hydrogens (tertiary/aromatic N) is 5. The summed E-state index contributed by atoms with van der Waals surface area (Å²) in [6.45, 7) is 16.2. The zero-order valence-electron chi connectivity index (χ0n) is 23.2. The summed E-state index contributed by atoms with van der Waals surface area (Å²) in [5.41, 5.74) is 2.89. The molecule has 1 aromatic carbocycles. The van der Waals surface area contributed by atoms with Gasteiger partial charge in [-0.25, -0.2) is 4.98 Å². The Morgan fingerprint density at radius 3 is 1.82 bits per heavy atom. The van der Waals surface area contributed by atoms with Crippen molar-refractivity contribution >= 4 is 35.9 Å². The highest BCUT2D eigenvalue weighted by atomic mass is 35.5. The first-order chi connectivity index (χ1) is 18.1. The van der Waals surface area contributed by atoms with Crippen molar-refractivity contribution in [1.82, 2.24) is 14.8 Å². The summed E-state index contributed by atoms with van der Waals surface area (Å²) in [5, 5.41) is 3.21. The molecule has 2 fully saturated rings. The molecular weight excluding hydrogens is 529 g/mol. The van der Waals surface area contributed by atoms with Crippen LogP contribution in [0.1, 0.15) is 49.2 Å². The van der Waals surface area contributed by atoms with Gasteiger partial charge in [0.2, 0.25) is 0 Å². The van der Waals surface area contributed by atoms with E-state index in [1.807, 2.05) is 12.1 Å². The quantitative estimate of drug-likeness (QED) is 0.449. The summed E-state index contributed by atoms with van der Waals surface area (Å²) in [6, 6.07) is 7.15. The monoisotopic (exact) mass is 568 g/mol. The normalized spacial score (nSPS) is 17.5. The number of pyridine rings is 1. The lowest BCUT2D eigenvalue weighted by Gasteiger charge is -2.43. The molecule has 2 saturated heterocycles. The summed E-state index contributed by atoms with van der Waals surface area (Å²) < 4.78 is 38.9. The van der Waals surface area contributed by atoms with E-state index in [2.05, 4.69) is 57.6 Å². The Bertz CT molecular complexity index is 1080. The molecule has 0 aliphatic carbocycles. The number of aromatic nitrogens is 1. The maximum absolute atomic E-state index is 13.0. The Morgan fingerprint density at radius 1 is 0.846 bits per heavy atom. The number of benzene rings is 1. The van der Waals surface area contributed by atoms with Gasteiger partial charge < -0.3 is 15.1 Å². The molecule has 2 aliphatic rings. The van der Waals surface area contributed by atoms with Crippen LogP contribution in [0.4, 0.5) is 30.4 Å². The van der Waals surface area contributed by atoms with Crippen molar-refractivity contribution in [2.24, 2.45) is 0 Å². The molecule has 0 unspecified atom stereocenters.